The number of hydrogen-bond acceptors (Lipinski definition) is 5. The highest BCUT2D eigenvalue weighted by atomic mass is 32.2. The normalized spacial score (nSPS) is 17.2. The lowest BCUT2D eigenvalue weighted by Crippen LogP contribution is -2.34. The molecule has 1 aromatic carbocycles. The van der Waals surface area contributed by atoms with E-state index in [-0.39, 0.29) is 0 Å². The zero-order valence-corrected chi connectivity index (χ0v) is 13.1. The molecule has 1 atom stereocenters. The Hall–Kier alpha value is -1.40. The number of rotatable bonds is 6. The smallest absolute Gasteiger partial charge is 0.214 e. The quantitative estimate of drug-likeness (QED) is 0.831. The van der Waals surface area contributed by atoms with E-state index in [9.17, 15) is 0 Å². The number of nitrogens with zero attached hydrogens (tertiary/aromatic N) is 4. The Labute approximate surface area is 129 Å². The minimum atomic E-state index is 0.540. The molecule has 0 aliphatic heterocycles. The highest BCUT2D eigenvalue weighted by molar-refractivity contribution is 7.99. The number of aromatic nitrogens is 4. The van der Waals surface area contributed by atoms with E-state index >= 15 is 0 Å². The Balaban J connectivity index is 1.67. The maximum Gasteiger partial charge on any atom is 0.214 e. The fraction of sp³-hybridized carbons (Fsp3) is 0.533. The fourth-order valence-electron chi connectivity index (χ4n) is 2.98. The van der Waals surface area contributed by atoms with Crippen LogP contribution >= 0.6 is 11.8 Å². The molecule has 0 saturated heterocycles. The molecule has 1 saturated carbocycles. The summed E-state index contributed by atoms with van der Waals surface area (Å²) in [6, 6.07) is 10.6. The monoisotopic (exact) mass is 303 g/mol. The van der Waals surface area contributed by atoms with Crippen molar-refractivity contribution in [1.29, 1.82) is 0 Å². The van der Waals surface area contributed by atoms with Crippen molar-refractivity contribution in [2.75, 3.05) is 12.8 Å². The van der Waals surface area contributed by atoms with Gasteiger partial charge in [0.2, 0.25) is 5.16 Å². The maximum absolute atomic E-state index is 4.16. The molecule has 0 bridgehead atoms. The van der Waals surface area contributed by atoms with Gasteiger partial charge in [0.25, 0.3) is 0 Å². The number of para-hydroxylation sites is 1. The van der Waals surface area contributed by atoms with Crippen molar-refractivity contribution in [3.8, 4) is 5.69 Å². The van der Waals surface area contributed by atoms with Crippen LogP contribution in [0.25, 0.3) is 5.69 Å². The van der Waals surface area contributed by atoms with Crippen LogP contribution in [0.1, 0.15) is 25.7 Å². The lowest BCUT2D eigenvalue weighted by molar-refractivity contribution is 0.410. The van der Waals surface area contributed by atoms with Gasteiger partial charge in [0.1, 0.15) is 0 Å². The minimum absolute atomic E-state index is 0.540. The number of nitrogens with one attached hydrogen (secondary N) is 1. The summed E-state index contributed by atoms with van der Waals surface area (Å²) in [6.07, 6.45) is 5.43. The number of hydrogen-bond donors (Lipinski definition) is 1. The van der Waals surface area contributed by atoms with E-state index in [0.717, 1.165) is 22.5 Å². The van der Waals surface area contributed by atoms with Crippen LogP contribution in [0.5, 0.6) is 0 Å². The first-order valence-electron chi connectivity index (χ1n) is 7.52. The Bertz CT molecular complexity index is 550. The van der Waals surface area contributed by atoms with Crippen LogP contribution in [0.2, 0.25) is 0 Å². The summed E-state index contributed by atoms with van der Waals surface area (Å²) in [5.74, 6) is 1.80. The van der Waals surface area contributed by atoms with Gasteiger partial charge in [-0.15, -0.1) is 5.10 Å². The molecule has 1 N–H and O–H groups in total. The lowest BCUT2D eigenvalue weighted by Gasteiger charge is -2.22. The fourth-order valence-corrected chi connectivity index (χ4v) is 4.11. The molecule has 2 aromatic rings. The zero-order valence-electron chi connectivity index (χ0n) is 12.3. The van der Waals surface area contributed by atoms with Gasteiger partial charge in [0, 0.05) is 11.8 Å². The van der Waals surface area contributed by atoms with Gasteiger partial charge in [-0.3, -0.25) is 0 Å². The first kappa shape index (κ1) is 14.5. The third-order valence-electron chi connectivity index (χ3n) is 4.17. The average Bonchev–Trinajstić information content (AvgIpc) is 3.20. The Kier molecular flexibility index (Phi) is 4.87. The van der Waals surface area contributed by atoms with E-state index in [0.29, 0.717) is 6.04 Å². The number of thioether (sulfide) groups is 1. The highest BCUT2D eigenvalue weighted by Gasteiger charge is 2.24. The van der Waals surface area contributed by atoms with Crippen molar-refractivity contribution in [1.82, 2.24) is 25.5 Å². The van der Waals surface area contributed by atoms with E-state index in [2.05, 4.69) is 27.9 Å². The zero-order chi connectivity index (χ0) is 14.5. The molecular formula is C15H21N5S. The molecule has 1 aliphatic carbocycles. The molecule has 112 valence electrons. The van der Waals surface area contributed by atoms with Gasteiger partial charge in [-0.1, -0.05) is 42.8 Å². The summed E-state index contributed by atoms with van der Waals surface area (Å²) in [5, 5.41) is 16.4. The molecule has 1 fully saturated rings. The van der Waals surface area contributed by atoms with Crippen molar-refractivity contribution < 1.29 is 0 Å². The topological polar surface area (TPSA) is 55.6 Å². The molecular weight excluding hydrogens is 282 g/mol. The molecule has 1 heterocycles. The summed E-state index contributed by atoms with van der Waals surface area (Å²) in [6.45, 7) is 0. The van der Waals surface area contributed by atoms with Gasteiger partial charge in [0.05, 0.1) is 5.69 Å². The molecule has 3 rings (SSSR count). The summed E-state index contributed by atoms with van der Waals surface area (Å²) >= 11 is 1.73. The standard InChI is InChI=1S/C15H21N5S/c1-16-14(12-7-5-6-8-12)11-21-15-17-18-19-20(15)13-9-3-2-4-10-13/h2-4,9-10,12,14,16H,5-8,11H2,1H3. The Morgan fingerprint density at radius 2 is 2.05 bits per heavy atom. The molecule has 0 radical (unpaired) electrons. The SMILES string of the molecule is CNC(CSc1nnnn1-c1ccccc1)C1CCCC1. The van der Waals surface area contributed by atoms with E-state index in [1.165, 1.54) is 25.7 Å². The summed E-state index contributed by atoms with van der Waals surface area (Å²) in [7, 11) is 2.06. The molecule has 0 spiro atoms. The van der Waals surface area contributed by atoms with Crippen molar-refractivity contribution in [3.63, 3.8) is 0 Å². The second-order valence-corrected chi connectivity index (χ2v) is 6.45. The molecule has 21 heavy (non-hydrogen) atoms. The lowest BCUT2D eigenvalue weighted by atomic mass is 10.0. The molecule has 5 nitrogen and oxygen atoms in total. The van der Waals surface area contributed by atoms with Gasteiger partial charge >= 0.3 is 0 Å². The van der Waals surface area contributed by atoms with Crippen LogP contribution in [-0.4, -0.2) is 39.0 Å². The van der Waals surface area contributed by atoms with Gasteiger partial charge in [-0.2, -0.15) is 4.68 Å². The van der Waals surface area contributed by atoms with E-state index in [1.807, 2.05) is 35.0 Å². The Morgan fingerprint density at radius 1 is 1.29 bits per heavy atom. The van der Waals surface area contributed by atoms with Crippen molar-refractivity contribution in [2.45, 2.75) is 36.9 Å². The van der Waals surface area contributed by atoms with Gasteiger partial charge in [-0.05, 0) is 48.4 Å². The summed E-state index contributed by atoms with van der Waals surface area (Å²) in [5.41, 5.74) is 1.01. The third kappa shape index (κ3) is 3.44. The second-order valence-electron chi connectivity index (χ2n) is 5.46. The highest BCUT2D eigenvalue weighted by Crippen LogP contribution is 2.30. The predicted molar refractivity (Wildman–Crippen MR) is 84.7 cm³/mol. The van der Waals surface area contributed by atoms with E-state index < -0.39 is 0 Å². The largest absolute Gasteiger partial charge is 0.316 e. The molecule has 0 amide bonds. The van der Waals surface area contributed by atoms with Crippen molar-refractivity contribution in [3.05, 3.63) is 30.3 Å². The van der Waals surface area contributed by atoms with Gasteiger partial charge in [-0.25, -0.2) is 0 Å². The first-order valence-corrected chi connectivity index (χ1v) is 8.51. The van der Waals surface area contributed by atoms with Crippen LogP contribution in [0.3, 0.4) is 0 Å². The van der Waals surface area contributed by atoms with Crippen LogP contribution in [0.4, 0.5) is 0 Å². The molecule has 1 aliphatic rings. The van der Waals surface area contributed by atoms with Crippen LogP contribution in [0.15, 0.2) is 35.5 Å². The maximum atomic E-state index is 4.16. The second kappa shape index (κ2) is 7.04. The Morgan fingerprint density at radius 3 is 2.76 bits per heavy atom. The van der Waals surface area contributed by atoms with Crippen LogP contribution in [-0.2, 0) is 0 Å². The van der Waals surface area contributed by atoms with Crippen LogP contribution < -0.4 is 5.32 Å². The summed E-state index contributed by atoms with van der Waals surface area (Å²) in [4.78, 5) is 0. The van der Waals surface area contributed by atoms with Gasteiger partial charge < -0.3 is 5.32 Å². The van der Waals surface area contributed by atoms with E-state index in [4.69, 9.17) is 0 Å². The number of benzene rings is 1. The third-order valence-corrected chi connectivity index (χ3v) is 5.21. The average molecular weight is 303 g/mol. The minimum Gasteiger partial charge on any atom is -0.316 e. The van der Waals surface area contributed by atoms with Crippen molar-refractivity contribution in [2.24, 2.45) is 5.92 Å². The van der Waals surface area contributed by atoms with Crippen LogP contribution in [0, 0.1) is 5.92 Å². The summed E-state index contributed by atoms with van der Waals surface area (Å²) < 4.78 is 1.81. The first-order chi connectivity index (χ1) is 10.4. The molecule has 1 unspecified atom stereocenters. The predicted octanol–water partition coefficient (Wildman–Crippen LogP) is 2.53. The molecule has 6 heteroatoms. The number of tetrazole rings is 1. The van der Waals surface area contributed by atoms with Crippen molar-refractivity contribution >= 4 is 11.8 Å². The molecule has 1 aromatic heterocycles. The van der Waals surface area contributed by atoms with E-state index in [1.54, 1.807) is 11.8 Å². The van der Waals surface area contributed by atoms with Gasteiger partial charge in [0.15, 0.2) is 0 Å².